The molecule has 4 aromatic rings. The van der Waals surface area contributed by atoms with Gasteiger partial charge in [-0.25, -0.2) is 0 Å². The zero-order valence-electron chi connectivity index (χ0n) is 17.2. The lowest BCUT2D eigenvalue weighted by Gasteiger charge is -2.16. The van der Waals surface area contributed by atoms with Crippen LogP contribution in [-0.4, -0.2) is 20.4 Å². The first-order valence-electron chi connectivity index (χ1n) is 9.56. The molecule has 0 unspecified atom stereocenters. The van der Waals surface area contributed by atoms with Crippen molar-refractivity contribution in [3.63, 3.8) is 0 Å². The number of aryl methyl sites for hydroxylation is 2. The van der Waals surface area contributed by atoms with E-state index in [9.17, 15) is 9.59 Å². The third kappa shape index (κ3) is 4.50. The standard InChI is InChI=1S/C22H20Cl2N4O3.ClH/c1-11-18(21(29)27-25-11)20(19-12(2)26-28-22(19)30)13-6-8-14(9-7-13)31-10-15-16(23)4-3-5-17(15)24;/h3-9,20H,10H2,1-2H3,(H2,25,27,29)(H2,26,28,30);1H. The molecule has 7 nitrogen and oxygen atoms in total. The van der Waals surface area contributed by atoms with Crippen LogP contribution in [0.15, 0.2) is 52.1 Å². The van der Waals surface area contributed by atoms with E-state index in [0.717, 1.165) is 5.56 Å². The van der Waals surface area contributed by atoms with Crippen molar-refractivity contribution < 1.29 is 4.74 Å². The first kappa shape index (κ1) is 23.8. The van der Waals surface area contributed by atoms with Crippen molar-refractivity contribution in [3.05, 3.63) is 107 Å². The van der Waals surface area contributed by atoms with Crippen molar-refractivity contribution in [1.82, 2.24) is 20.4 Å². The summed E-state index contributed by atoms with van der Waals surface area (Å²) in [6, 6.07) is 12.6. The monoisotopic (exact) mass is 494 g/mol. The molecule has 0 saturated carbocycles. The van der Waals surface area contributed by atoms with Crippen molar-refractivity contribution in [2.75, 3.05) is 0 Å². The maximum atomic E-state index is 12.5. The lowest BCUT2D eigenvalue weighted by molar-refractivity contribution is 0.306. The van der Waals surface area contributed by atoms with Gasteiger partial charge in [0.2, 0.25) is 0 Å². The minimum atomic E-state index is -0.544. The van der Waals surface area contributed by atoms with Crippen LogP contribution in [0.1, 0.15) is 39.6 Å². The number of H-pyrrole nitrogens is 4. The summed E-state index contributed by atoms with van der Waals surface area (Å²) in [6.07, 6.45) is 0. The number of ether oxygens (including phenoxy) is 1. The van der Waals surface area contributed by atoms with E-state index in [1.54, 1.807) is 44.2 Å². The fourth-order valence-electron chi connectivity index (χ4n) is 3.67. The summed E-state index contributed by atoms with van der Waals surface area (Å²) >= 11 is 12.4. The summed E-state index contributed by atoms with van der Waals surface area (Å²) in [6.45, 7) is 3.80. The molecule has 2 aromatic carbocycles. The van der Waals surface area contributed by atoms with Crippen LogP contribution < -0.4 is 15.9 Å². The SMILES string of the molecule is Cc1[nH][nH]c(=O)c1C(c1ccc(OCc2c(Cl)cccc2Cl)cc1)c1c(C)[nH][nH]c1=O.Cl. The van der Waals surface area contributed by atoms with E-state index < -0.39 is 5.92 Å². The first-order chi connectivity index (χ1) is 14.9. The molecule has 4 rings (SSSR count). The number of aromatic amines is 4. The Labute approximate surface area is 199 Å². The van der Waals surface area contributed by atoms with Gasteiger partial charge in [-0.05, 0) is 43.7 Å². The van der Waals surface area contributed by atoms with E-state index in [4.69, 9.17) is 27.9 Å². The van der Waals surface area contributed by atoms with Gasteiger partial charge in [0.1, 0.15) is 12.4 Å². The number of aromatic nitrogens is 4. The molecule has 0 atom stereocenters. The number of benzene rings is 2. The van der Waals surface area contributed by atoms with Crippen molar-refractivity contribution in [2.45, 2.75) is 26.4 Å². The van der Waals surface area contributed by atoms with Gasteiger partial charge in [-0.3, -0.25) is 19.8 Å². The van der Waals surface area contributed by atoms with Gasteiger partial charge < -0.3 is 14.9 Å². The third-order valence-corrected chi connectivity index (χ3v) is 5.97. The lowest BCUT2D eigenvalue weighted by atomic mass is 9.85. The molecule has 0 aliphatic rings. The first-order valence-corrected chi connectivity index (χ1v) is 10.3. The van der Waals surface area contributed by atoms with E-state index >= 15 is 0 Å². The van der Waals surface area contributed by atoms with Crippen molar-refractivity contribution >= 4 is 35.6 Å². The zero-order valence-corrected chi connectivity index (χ0v) is 19.5. The van der Waals surface area contributed by atoms with Gasteiger partial charge >= 0.3 is 0 Å². The Morgan fingerprint density at radius 3 is 1.75 bits per heavy atom. The lowest BCUT2D eigenvalue weighted by Crippen LogP contribution is -2.20. The maximum absolute atomic E-state index is 12.5. The Bertz CT molecular complexity index is 1260. The highest BCUT2D eigenvalue weighted by Crippen LogP contribution is 2.32. The number of hydrogen-bond acceptors (Lipinski definition) is 3. The molecule has 168 valence electrons. The van der Waals surface area contributed by atoms with E-state index in [0.29, 0.717) is 43.9 Å². The van der Waals surface area contributed by atoms with Crippen molar-refractivity contribution in [3.8, 4) is 5.75 Å². The van der Waals surface area contributed by atoms with Crippen LogP contribution in [-0.2, 0) is 6.61 Å². The molecular weight excluding hydrogens is 475 g/mol. The molecule has 2 aromatic heterocycles. The second-order valence-electron chi connectivity index (χ2n) is 7.23. The summed E-state index contributed by atoms with van der Waals surface area (Å²) in [5.41, 5.74) is 3.27. The molecule has 10 heteroatoms. The van der Waals surface area contributed by atoms with Gasteiger partial charge in [0.25, 0.3) is 11.1 Å². The second kappa shape index (κ2) is 9.73. The highest BCUT2D eigenvalue weighted by molar-refractivity contribution is 6.35. The molecule has 0 saturated heterocycles. The topological polar surface area (TPSA) is 107 Å². The smallest absolute Gasteiger partial charge is 0.268 e. The largest absolute Gasteiger partial charge is 0.489 e. The highest BCUT2D eigenvalue weighted by Gasteiger charge is 2.28. The molecular formula is C22H21Cl3N4O3. The normalized spacial score (nSPS) is 10.9. The van der Waals surface area contributed by atoms with E-state index in [-0.39, 0.29) is 30.1 Å². The van der Waals surface area contributed by atoms with Crippen LogP contribution in [0, 0.1) is 13.8 Å². The van der Waals surface area contributed by atoms with Crippen LogP contribution in [0.25, 0.3) is 0 Å². The fourth-order valence-corrected chi connectivity index (χ4v) is 4.17. The molecule has 2 heterocycles. The van der Waals surface area contributed by atoms with Gasteiger partial charge in [0.05, 0.1) is 11.1 Å². The Balaban J connectivity index is 0.00000289. The van der Waals surface area contributed by atoms with Gasteiger partial charge in [-0.15, -0.1) is 12.4 Å². The molecule has 32 heavy (non-hydrogen) atoms. The Kier molecular flexibility index (Phi) is 7.23. The Morgan fingerprint density at radius 2 is 1.31 bits per heavy atom. The fraction of sp³-hybridized carbons (Fsp3) is 0.182. The summed E-state index contributed by atoms with van der Waals surface area (Å²) in [4.78, 5) is 25.0. The van der Waals surface area contributed by atoms with Crippen molar-refractivity contribution in [1.29, 1.82) is 0 Å². The highest BCUT2D eigenvalue weighted by atomic mass is 35.5. The van der Waals surface area contributed by atoms with Gasteiger partial charge in [0, 0.05) is 32.9 Å². The van der Waals surface area contributed by atoms with Crippen LogP contribution >= 0.6 is 35.6 Å². The molecule has 4 N–H and O–H groups in total. The maximum Gasteiger partial charge on any atom is 0.268 e. The number of rotatable bonds is 6. The van der Waals surface area contributed by atoms with E-state index in [1.165, 1.54) is 0 Å². The molecule has 0 aliphatic heterocycles. The summed E-state index contributed by atoms with van der Waals surface area (Å²) in [7, 11) is 0. The molecule has 0 amide bonds. The van der Waals surface area contributed by atoms with E-state index in [2.05, 4.69) is 20.4 Å². The van der Waals surface area contributed by atoms with Crippen LogP contribution in [0.4, 0.5) is 0 Å². The predicted octanol–water partition coefficient (Wildman–Crippen LogP) is 4.82. The van der Waals surface area contributed by atoms with Crippen LogP contribution in [0.5, 0.6) is 5.75 Å². The minimum absolute atomic E-state index is 0. The van der Waals surface area contributed by atoms with E-state index in [1.807, 2.05) is 12.1 Å². The van der Waals surface area contributed by atoms with Crippen LogP contribution in [0.2, 0.25) is 10.0 Å². The zero-order chi connectivity index (χ0) is 22.1. The molecule has 0 fully saturated rings. The number of halogens is 3. The third-order valence-electron chi connectivity index (χ3n) is 5.26. The summed E-state index contributed by atoms with van der Waals surface area (Å²) in [5.74, 6) is 0.0648. The second-order valence-corrected chi connectivity index (χ2v) is 8.04. The molecule has 0 spiro atoms. The Morgan fingerprint density at radius 1 is 0.812 bits per heavy atom. The molecule has 0 bridgehead atoms. The van der Waals surface area contributed by atoms with Gasteiger partial charge in [0.15, 0.2) is 0 Å². The molecule has 0 radical (unpaired) electrons. The quantitative estimate of drug-likeness (QED) is 0.308. The average Bonchev–Trinajstić information content (AvgIpc) is 3.25. The number of nitrogens with one attached hydrogen (secondary N) is 4. The Hall–Kier alpha value is -2.87. The minimum Gasteiger partial charge on any atom is -0.489 e. The van der Waals surface area contributed by atoms with Crippen LogP contribution in [0.3, 0.4) is 0 Å². The number of hydrogen-bond donors (Lipinski definition) is 4. The summed E-state index contributed by atoms with van der Waals surface area (Å²) < 4.78 is 5.85. The predicted molar refractivity (Wildman–Crippen MR) is 128 cm³/mol. The van der Waals surface area contributed by atoms with Gasteiger partial charge in [-0.2, -0.15) is 0 Å². The van der Waals surface area contributed by atoms with Crippen molar-refractivity contribution in [2.24, 2.45) is 0 Å². The molecule has 0 aliphatic carbocycles. The van der Waals surface area contributed by atoms with Gasteiger partial charge in [-0.1, -0.05) is 41.4 Å². The average molecular weight is 496 g/mol. The summed E-state index contributed by atoms with van der Waals surface area (Å²) in [5, 5.41) is 11.9.